The van der Waals surface area contributed by atoms with E-state index in [0.717, 1.165) is 11.8 Å². The number of halogens is 1. The molecule has 4 aromatic heterocycles. The van der Waals surface area contributed by atoms with E-state index < -0.39 is 0 Å². The minimum absolute atomic E-state index is 0.0555. The molecule has 4 aromatic rings. The average molecular weight is 690 g/mol. The molecule has 0 saturated carbocycles. The highest BCUT2D eigenvalue weighted by molar-refractivity contribution is 9.09. The van der Waals surface area contributed by atoms with Gasteiger partial charge in [-0.25, -0.2) is 19.9 Å². The van der Waals surface area contributed by atoms with E-state index in [2.05, 4.69) is 92.4 Å². The number of hydrogen-bond acceptors (Lipinski definition) is 10. The second-order valence-electron chi connectivity index (χ2n) is 13.7. The molecule has 12 nitrogen and oxygen atoms in total. The van der Waals surface area contributed by atoms with Crippen LogP contribution >= 0.6 is 15.9 Å². The number of H-pyrrole nitrogens is 1. The Balaban J connectivity index is 0.000000267. The Hall–Kier alpha value is -3.48. The summed E-state index contributed by atoms with van der Waals surface area (Å²) >= 11 is 3.39. The van der Waals surface area contributed by atoms with Crippen LogP contribution < -0.4 is 20.6 Å². The van der Waals surface area contributed by atoms with E-state index in [0.29, 0.717) is 45.7 Å². The Labute approximate surface area is 274 Å². The van der Waals surface area contributed by atoms with Crippen LogP contribution in [0, 0.1) is 10.8 Å². The van der Waals surface area contributed by atoms with Crippen molar-refractivity contribution in [3.05, 3.63) is 44.5 Å². The second-order valence-corrected chi connectivity index (χ2v) is 14.5. The number of methoxy groups -OCH3 is 2. The molecular formula is C32H49BrN8O4. The largest absolute Gasteiger partial charge is 0.467 e. The van der Waals surface area contributed by atoms with Gasteiger partial charge in [-0.15, -0.1) is 0 Å². The molecule has 0 aromatic carbocycles. The van der Waals surface area contributed by atoms with Gasteiger partial charge in [0.15, 0.2) is 11.3 Å². The van der Waals surface area contributed by atoms with Crippen LogP contribution in [0.25, 0.3) is 22.3 Å². The van der Waals surface area contributed by atoms with Crippen molar-refractivity contribution in [3.63, 3.8) is 0 Å². The van der Waals surface area contributed by atoms with E-state index >= 15 is 0 Å². The number of aryl methyl sites for hydroxylation is 1. The van der Waals surface area contributed by atoms with Gasteiger partial charge in [-0.1, -0.05) is 85.2 Å². The third kappa shape index (κ3) is 11.4. The van der Waals surface area contributed by atoms with Gasteiger partial charge < -0.3 is 14.5 Å². The number of alkyl halides is 1. The van der Waals surface area contributed by atoms with Crippen molar-refractivity contribution >= 4 is 38.3 Å². The van der Waals surface area contributed by atoms with Crippen molar-refractivity contribution < 1.29 is 9.47 Å². The predicted octanol–water partition coefficient (Wildman–Crippen LogP) is 6.42. The molecule has 0 radical (unpaired) electrons. The summed E-state index contributed by atoms with van der Waals surface area (Å²) in [7, 11) is 2.98. The standard InChI is InChI=1S/C16H24N4O2.C10H12N4O2.C6H13Br/c1-10(2)12-14(21)20(8-7-16(3,4)5)13-11(18-12)9-17-15(19-13)22-6;1-5(2)7-9(15)13-8-6(12-7)4-11-10(14-8)16-3;1-6(2,3)4-5-7/h9-10H,7-8H2,1-6H3;4-5H,1-3H3,(H,11,13,14,15);4-5H2,1-3H3. The van der Waals surface area contributed by atoms with Crippen LogP contribution in [0.4, 0.5) is 0 Å². The minimum Gasteiger partial charge on any atom is -0.467 e. The molecular weight excluding hydrogens is 640 g/mol. The van der Waals surface area contributed by atoms with Crippen molar-refractivity contribution in [1.82, 2.24) is 39.5 Å². The van der Waals surface area contributed by atoms with Crippen LogP contribution in [0.15, 0.2) is 22.0 Å². The molecule has 0 fully saturated rings. The van der Waals surface area contributed by atoms with Crippen LogP contribution in [0.2, 0.25) is 0 Å². The molecule has 13 heteroatoms. The molecule has 0 amide bonds. The van der Waals surface area contributed by atoms with Gasteiger partial charge in [-0.05, 0) is 23.7 Å². The van der Waals surface area contributed by atoms with E-state index in [4.69, 9.17) is 9.47 Å². The maximum atomic E-state index is 12.7. The van der Waals surface area contributed by atoms with Crippen molar-refractivity contribution in [3.8, 4) is 12.0 Å². The zero-order valence-corrected chi connectivity index (χ0v) is 30.4. The van der Waals surface area contributed by atoms with E-state index in [-0.39, 0.29) is 40.4 Å². The topological polar surface area (TPSA) is 151 Å². The number of nitrogens with one attached hydrogen (secondary N) is 1. The molecule has 0 spiro atoms. The number of rotatable bonds is 7. The van der Waals surface area contributed by atoms with Gasteiger partial charge >= 0.3 is 12.0 Å². The molecule has 0 unspecified atom stereocenters. The van der Waals surface area contributed by atoms with Gasteiger partial charge in [0, 0.05) is 23.7 Å². The minimum atomic E-state index is -0.219. The summed E-state index contributed by atoms with van der Waals surface area (Å²) in [5.74, 6) is 0.121. The smallest absolute Gasteiger partial charge is 0.318 e. The van der Waals surface area contributed by atoms with Gasteiger partial charge in [0.25, 0.3) is 11.1 Å². The Morgan fingerprint density at radius 3 is 1.76 bits per heavy atom. The summed E-state index contributed by atoms with van der Waals surface area (Å²) in [6.07, 6.45) is 5.27. The zero-order valence-electron chi connectivity index (χ0n) is 28.8. The van der Waals surface area contributed by atoms with Crippen molar-refractivity contribution in [2.75, 3.05) is 19.5 Å². The average Bonchev–Trinajstić information content (AvgIpc) is 2.94. The Kier molecular flexibility index (Phi) is 13.6. The van der Waals surface area contributed by atoms with E-state index in [1.807, 2.05) is 27.7 Å². The van der Waals surface area contributed by atoms with Gasteiger partial charge in [-0.3, -0.25) is 14.2 Å². The highest BCUT2D eigenvalue weighted by Gasteiger charge is 2.18. The normalized spacial score (nSPS) is 11.7. The first-order chi connectivity index (χ1) is 20.9. The summed E-state index contributed by atoms with van der Waals surface area (Å²) in [5, 5.41) is 1.12. The molecule has 0 aliphatic rings. The molecule has 45 heavy (non-hydrogen) atoms. The van der Waals surface area contributed by atoms with Crippen LogP contribution in [0.5, 0.6) is 12.0 Å². The second kappa shape index (κ2) is 16.2. The summed E-state index contributed by atoms with van der Waals surface area (Å²) in [6.45, 7) is 21.5. The molecule has 0 atom stereocenters. The lowest BCUT2D eigenvalue weighted by molar-refractivity contribution is 0.348. The molecule has 4 heterocycles. The van der Waals surface area contributed by atoms with E-state index in [9.17, 15) is 9.59 Å². The zero-order chi connectivity index (χ0) is 34.1. The Bertz CT molecular complexity index is 1670. The number of fused-ring (bicyclic) bond motifs is 2. The lowest BCUT2D eigenvalue weighted by atomic mass is 9.92. The first-order valence-electron chi connectivity index (χ1n) is 15.1. The van der Waals surface area contributed by atoms with Gasteiger partial charge in [0.2, 0.25) is 0 Å². The summed E-state index contributed by atoms with van der Waals surface area (Å²) in [5.41, 5.74) is 3.48. The lowest BCUT2D eigenvalue weighted by Gasteiger charge is -2.20. The lowest BCUT2D eigenvalue weighted by Crippen LogP contribution is -2.28. The number of aromatic nitrogens is 8. The maximum Gasteiger partial charge on any atom is 0.318 e. The summed E-state index contributed by atoms with van der Waals surface area (Å²) in [6, 6.07) is 0.456. The number of nitrogens with zero attached hydrogens (tertiary/aromatic N) is 7. The fourth-order valence-electron chi connectivity index (χ4n) is 3.83. The molecule has 0 aliphatic heterocycles. The van der Waals surface area contributed by atoms with E-state index in [1.54, 1.807) is 10.8 Å². The first-order valence-corrected chi connectivity index (χ1v) is 16.2. The third-order valence-electron chi connectivity index (χ3n) is 6.53. The van der Waals surface area contributed by atoms with Gasteiger partial charge in [-0.2, -0.15) is 9.97 Å². The number of hydrogen-bond donors (Lipinski definition) is 1. The van der Waals surface area contributed by atoms with Crippen LogP contribution in [-0.4, -0.2) is 59.0 Å². The number of aromatic amines is 1. The Morgan fingerprint density at radius 1 is 0.778 bits per heavy atom. The maximum absolute atomic E-state index is 12.7. The molecule has 0 bridgehead atoms. The molecule has 0 aliphatic carbocycles. The molecule has 0 saturated heterocycles. The van der Waals surface area contributed by atoms with Crippen molar-refractivity contribution in [2.24, 2.45) is 10.8 Å². The molecule has 4 rings (SSSR count). The SMILES string of the molecule is CC(C)(C)CCBr.COc1ncc2nc(C(C)C)c(=O)[nH]c2n1.COc1ncc2nc(C(C)C)c(=O)n(CCC(C)(C)C)c2n1. The fraction of sp³-hybridized carbons (Fsp3) is 0.625. The van der Waals surface area contributed by atoms with Gasteiger partial charge in [0.05, 0.1) is 26.6 Å². The van der Waals surface area contributed by atoms with Gasteiger partial charge in [0.1, 0.15) is 22.4 Å². The monoisotopic (exact) mass is 688 g/mol. The quantitative estimate of drug-likeness (QED) is 0.215. The molecule has 1 N–H and O–H groups in total. The summed E-state index contributed by atoms with van der Waals surface area (Å²) < 4.78 is 11.6. The van der Waals surface area contributed by atoms with Crippen molar-refractivity contribution in [1.29, 1.82) is 0 Å². The van der Waals surface area contributed by atoms with Crippen molar-refractivity contribution in [2.45, 2.75) is 100 Å². The Morgan fingerprint density at radius 2 is 1.29 bits per heavy atom. The van der Waals surface area contributed by atoms with Crippen LogP contribution in [-0.2, 0) is 6.54 Å². The molecule has 248 valence electrons. The van der Waals surface area contributed by atoms with Crippen LogP contribution in [0.1, 0.15) is 105 Å². The van der Waals surface area contributed by atoms with E-state index in [1.165, 1.54) is 26.8 Å². The van der Waals surface area contributed by atoms with Crippen LogP contribution in [0.3, 0.4) is 0 Å². The highest BCUT2D eigenvalue weighted by atomic mass is 79.9. The first kappa shape index (κ1) is 37.7. The highest BCUT2D eigenvalue weighted by Crippen LogP contribution is 2.21. The third-order valence-corrected chi connectivity index (χ3v) is 6.93. The predicted molar refractivity (Wildman–Crippen MR) is 183 cm³/mol. The summed E-state index contributed by atoms with van der Waals surface area (Å²) in [4.78, 5) is 52.1. The number of ether oxygens (including phenoxy) is 2. The fourth-order valence-corrected chi connectivity index (χ4v) is 5.02.